The molecule has 21 heavy (non-hydrogen) atoms. The molecular formula is C16H22N2O3. The summed E-state index contributed by atoms with van der Waals surface area (Å²) in [4.78, 5) is 0. The number of nitrogens with zero attached hydrogens (tertiary/aromatic N) is 1. The van der Waals surface area contributed by atoms with E-state index in [0.29, 0.717) is 19.8 Å². The van der Waals surface area contributed by atoms with Crippen molar-refractivity contribution in [3.8, 4) is 11.5 Å². The molecule has 5 nitrogen and oxygen atoms in total. The van der Waals surface area contributed by atoms with E-state index in [-0.39, 0.29) is 0 Å². The second-order valence-corrected chi connectivity index (χ2v) is 4.68. The van der Waals surface area contributed by atoms with Crippen LogP contribution in [0.1, 0.15) is 30.9 Å². The average molecular weight is 290 g/mol. The Kier molecular flexibility index (Phi) is 5.09. The van der Waals surface area contributed by atoms with Crippen LogP contribution in [0.5, 0.6) is 11.5 Å². The van der Waals surface area contributed by atoms with Crippen molar-refractivity contribution in [3.63, 3.8) is 0 Å². The van der Waals surface area contributed by atoms with Gasteiger partial charge in [0.15, 0.2) is 11.5 Å². The van der Waals surface area contributed by atoms with Crippen molar-refractivity contribution in [2.75, 3.05) is 18.5 Å². The molecule has 0 atom stereocenters. The Hall–Kier alpha value is -2.17. The fourth-order valence-corrected chi connectivity index (χ4v) is 2.11. The molecule has 0 saturated heterocycles. The molecule has 0 amide bonds. The summed E-state index contributed by atoms with van der Waals surface area (Å²) in [6.45, 7) is 9.66. The van der Waals surface area contributed by atoms with Gasteiger partial charge in [-0.1, -0.05) is 5.16 Å². The smallest absolute Gasteiger partial charge is 0.163 e. The highest BCUT2D eigenvalue weighted by molar-refractivity contribution is 5.55. The molecule has 1 N–H and O–H groups in total. The van der Waals surface area contributed by atoms with Crippen LogP contribution in [-0.4, -0.2) is 18.4 Å². The van der Waals surface area contributed by atoms with Gasteiger partial charge in [-0.2, -0.15) is 0 Å². The predicted octanol–water partition coefficient (Wildman–Crippen LogP) is 3.70. The maximum absolute atomic E-state index is 5.62. The minimum Gasteiger partial charge on any atom is -0.490 e. The van der Waals surface area contributed by atoms with E-state index in [1.54, 1.807) is 0 Å². The van der Waals surface area contributed by atoms with Gasteiger partial charge >= 0.3 is 0 Å². The molecule has 0 aliphatic heterocycles. The van der Waals surface area contributed by atoms with Crippen LogP contribution >= 0.6 is 0 Å². The summed E-state index contributed by atoms with van der Waals surface area (Å²) in [7, 11) is 0. The van der Waals surface area contributed by atoms with E-state index in [1.807, 2.05) is 45.9 Å². The lowest BCUT2D eigenvalue weighted by Gasteiger charge is -2.13. The van der Waals surface area contributed by atoms with Crippen LogP contribution in [0.25, 0.3) is 0 Å². The predicted molar refractivity (Wildman–Crippen MR) is 82.1 cm³/mol. The number of nitrogens with one attached hydrogen (secondary N) is 1. The Morgan fingerprint density at radius 2 is 1.81 bits per heavy atom. The van der Waals surface area contributed by atoms with Crippen molar-refractivity contribution < 1.29 is 14.0 Å². The Morgan fingerprint density at radius 1 is 1.10 bits per heavy atom. The molecular weight excluding hydrogens is 268 g/mol. The first-order valence-electron chi connectivity index (χ1n) is 7.21. The van der Waals surface area contributed by atoms with Crippen molar-refractivity contribution >= 4 is 5.69 Å². The molecule has 0 bridgehead atoms. The topological polar surface area (TPSA) is 56.5 Å². The van der Waals surface area contributed by atoms with Crippen molar-refractivity contribution in [2.24, 2.45) is 0 Å². The van der Waals surface area contributed by atoms with Gasteiger partial charge in [-0.25, -0.2) is 0 Å². The molecule has 2 rings (SSSR count). The maximum atomic E-state index is 5.62. The van der Waals surface area contributed by atoms with E-state index in [2.05, 4.69) is 10.5 Å². The molecule has 0 aliphatic rings. The molecule has 5 heteroatoms. The molecule has 0 aliphatic carbocycles. The maximum Gasteiger partial charge on any atom is 0.163 e. The van der Waals surface area contributed by atoms with Crippen molar-refractivity contribution in [2.45, 2.75) is 34.2 Å². The lowest BCUT2D eigenvalue weighted by Crippen LogP contribution is -2.03. The quantitative estimate of drug-likeness (QED) is 0.842. The number of benzene rings is 1. The van der Waals surface area contributed by atoms with Gasteiger partial charge in [0.05, 0.1) is 18.9 Å². The summed E-state index contributed by atoms with van der Waals surface area (Å²) in [5.74, 6) is 2.36. The number of ether oxygens (including phenoxy) is 2. The second kappa shape index (κ2) is 7.02. The first-order chi connectivity index (χ1) is 10.2. The van der Waals surface area contributed by atoms with E-state index < -0.39 is 0 Å². The molecule has 114 valence electrons. The lowest BCUT2D eigenvalue weighted by molar-refractivity contribution is 0.288. The fraction of sp³-hybridized carbons (Fsp3) is 0.438. The van der Waals surface area contributed by atoms with E-state index >= 15 is 0 Å². The summed E-state index contributed by atoms with van der Waals surface area (Å²) < 4.78 is 16.3. The van der Waals surface area contributed by atoms with Gasteiger partial charge in [0, 0.05) is 23.9 Å². The summed E-state index contributed by atoms with van der Waals surface area (Å²) in [6, 6.07) is 5.85. The molecule has 0 spiro atoms. The lowest BCUT2D eigenvalue weighted by atomic mass is 10.2. The Bertz CT molecular complexity index is 574. The average Bonchev–Trinajstić information content (AvgIpc) is 2.79. The third kappa shape index (κ3) is 3.68. The summed E-state index contributed by atoms with van der Waals surface area (Å²) in [5.41, 5.74) is 2.97. The zero-order valence-electron chi connectivity index (χ0n) is 13.0. The van der Waals surface area contributed by atoms with Crippen LogP contribution < -0.4 is 14.8 Å². The highest BCUT2D eigenvalue weighted by Gasteiger charge is 2.10. The van der Waals surface area contributed by atoms with Crippen LogP contribution in [0.15, 0.2) is 22.7 Å². The Labute approximate surface area is 125 Å². The first-order valence-corrected chi connectivity index (χ1v) is 7.21. The SMILES string of the molecule is CCOc1ccc(NCc2c(C)noc2C)cc1OCC. The van der Waals surface area contributed by atoms with Crippen molar-refractivity contribution in [1.82, 2.24) is 5.16 Å². The molecule has 1 aromatic heterocycles. The number of hydrogen-bond donors (Lipinski definition) is 1. The molecule has 0 radical (unpaired) electrons. The van der Waals surface area contributed by atoms with Crippen molar-refractivity contribution in [1.29, 1.82) is 0 Å². The standard InChI is InChI=1S/C16H22N2O3/c1-5-19-15-8-7-13(9-16(15)20-6-2)17-10-14-11(3)18-21-12(14)4/h7-9,17H,5-6,10H2,1-4H3. The molecule has 0 fully saturated rings. The van der Waals surface area contributed by atoms with E-state index in [9.17, 15) is 0 Å². The van der Waals surface area contributed by atoms with Gasteiger partial charge in [-0.3, -0.25) is 0 Å². The van der Waals surface area contributed by atoms with Crippen LogP contribution in [0.2, 0.25) is 0 Å². The second-order valence-electron chi connectivity index (χ2n) is 4.68. The zero-order valence-corrected chi connectivity index (χ0v) is 13.0. The number of hydrogen-bond acceptors (Lipinski definition) is 5. The first kappa shape index (κ1) is 15.2. The van der Waals surface area contributed by atoms with Crippen LogP contribution in [0.3, 0.4) is 0 Å². The number of anilines is 1. The van der Waals surface area contributed by atoms with Gasteiger partial charge in [-0.15, -0.1) is 0 Å². The van der Waals surface area contributed by atoms with Crippen LogP contribution in [0.4, 0.5) is 5.69 Å². The van der Waals surface area contributed by atoms with E-state index in [0.717, 1.165) is 34.2 Å². The Balaban J connectivity index is 2.11. The monoisotopic (exact) mass is 290 g/mol. The molecule has 1 heterocycles. The highest BCUT2D eigenvalue weighted by atomic mass is 16.5. The molecule has 1 aromatic carbocycles. The summed E-state index contributed by atoms with van der Waals surface area (Å²) >= 11 is 0. The van der Waals surface area contributed by atoms with Gasteiger partial charge in [0.1, 0.15) is 5.76 Å². The van der Waals surface area contributed by atoms with Gasteiger partial charge in [-0.05, 0) is 39.8 Å². The zero-order chi connectivity index (χ0) is 15.2. The summed E-state index contributed by atoms with van der Waals surface area (Å²) in [5, 5.41) is 7.32. The number of aromatic nitrogens is 1. The molecule has 2 aromatic rings. The van der Waals surface area contributed by atoms with E-state index in [1.165, 1.54) is 0 Å². The minimum atomic E-state index is 0.605. The third-order valence-corrected chi connectivity index (χ3v) is 3.19. The minimum absolute atomic E-state index is 0.605. The molecule has 0 saturated carbocycles. The van der Waals surface area contributed by atoms with Crippen LogP contribution in [0, 0.1) is 13.8 Å². The largest absolute Gasteiger partial charge is 0.490 e. The Morgan fingerprint density at radius 3 is 2.43 bits per heavy atom. The third-order valence-electron chi connectivity index (χ3n) is 3.19. The highest BCUT2D eigenvalue weighted by Crippen LogP contribution is 2.31. The van der Waals surface area contributed by atoms with Gasteiger partial charge in [0.2, 0.25) is 0 Å². The summed E-state index contributed by atoms with van der Waals surface area (Å²) in [6.07, 6.45) is 0. The number of rotatable bonds is 7. The fourth-order valence-electron chi connectivity index (χ4n) is 2.11. The van der Waals surface area contributed by atoms with Gasteiger partial charge < -0.3 is 19.3 Å². The molecule has 0 unspecified atom stereocenters. The van der Waals surface area contributed by atoms with E-state index in [4.69, 9.17) is 14.0 Å². The number of aryl methyl sites for hydroxylation is 2. The van der Waals surface area contributed by atoms with Crippen molar-refractivity contribution in [3.05, 3.63) is 35.2 Å². The normalized spacial score (nSPS) is 10.5. The van der Waals surface area contributed by atoms with Gasteiger partial charge in [0.25, 0.3) is 0 Å². The van der Waals surface area contributed by atoms with Crippen LogP contribution in [-0.2, 0) is 6.54 Å².